The molecule has 0 nitrogen and oxygen atoms in total. The first kappa shape index (κ1) is 7.74. The zero-order valence-corrected chi connectivity index (χ0v) is 5.78. The number of rotatable bonds is 4. The van der Waals surface area contributed by atoms with E-state index < -0.39 is 0 Å². The van der Waals surface area contributed by atoms with Gasteiger partial charge in [0.15, 0.2) is 0 Å². The molecule has 0 heteroatoms. The van der Waals surface area contributed by atoms with Gasteiger partial charge in [-0.1, -0.05) is 32.4 Å². The summed E-state index contributed by atoms with van der Waals surface area (Å²) in [5.74, 6) is 0. The van der Waals surface area contributed by atoms with Crippen molar-refractivity contribution in [1.29, 1.82) is 0 Å². The standard InChI is InChI=1S/C8H14/c1-4-6-7-8(3)5-2/h3,7H,4-6H2,1-2H3. The lowest BCUT2D eigenvalue weighted by Gasteiger charge is -1.96. The molecule has 0 bridgehead atoms. The SMILES string of the molecule is [CH]=C([CH]CCC)CC. The molecule has 0 N–H and O–H groups in total. The molecule has 0 saturated carbocycles. The lowest BCUT2D eigenvalue weighted by molar-refractivity contribution is 0.890. The van der Waals surface area contributed by atoms with Crippen LogP contribution in [0.25, 0.3) is 0 Å². The summed E-state index contributed by atoms with van der Waals surface area (Å²) in [5, 5.41) is 0. The van der Waals surface area contributed by atoms with Crippen LogP contribution in [0.3, 0.4) is 0 Å². The zero-order chi connectivity index (χ0) is 6.41. The minimum Gasteiger partial charge on any atom is -0.0668 e. The Balaban J connectivity index is 2.99. The minimum absolute atomic E-state index is 0.986. The van der Waals surface area contributed by atoms with E-state index in [0.717, 1.165) is 18.4 Å². The molecule has 0 aromatic heterocycles. The fourth-order valence-electron chi connectivity index (χ4n) is 0.474. The molecule has 0 heterocycles. The summed E-state index contributed by atoms with van der Waals surface area (Å²) in [4.78, 5) is 0. The van der Waals surface area contributed by atoms with Gasteiger partial charge in [0.2, 0.25) is 0 Å². The van der Waals surface area contributed by atoms with Gasteiger partial charge in [-0.15, -0.1) is 0 Å². The highest BCUT2D eigenvalue weighted by Gasteiger charge is 1.87. The van der Waals surface area contributed by atoms with Gasteiger partial charge < -0.3 is 0 Å². The Bertz CT molecular complexity index is 62.4. The highest BCUT2D eigenvalue weighted by molar-refractivity contribution is 5.03. The summed E-state index contributed by atoms with van der Waals surface area (Å²) in [7, 11) is 0. The largest absolute Gasteiger partial charge is 0.0668 e. The molecule has 0 saturated heterocycles. The Labute approximate surface area is 52.6 Å². The first-order valence-electron chi connectivity index (χ1n) is 3.25. The van der Waals surface area contributed by atoms with Crippen molar-refractivity contribution >= 4 is 0 Å². The van der Waals surface area contributed by atoms with Crippen LogP contribution in [-0.2, 0) is 0 Å². The average molecular weight is 110 g/mol. The number of allylic oxidation sites excluding steroid dienone is 1. The van der Waals surface area contributed by atoms with Crippen LogP contribution in [0.4, 0.5) is 0 Å². The topological polar surface area (TPSA) is 0 Å². The van der Waals surface area contributed by atoms with Gasteiger partial charge in [-0.3, -0.25) is 0 Å². The third-order valence-corrected chi connectivity index (χ3v) is 1.10. The predicted octanol–water partition coefficient (Wildman–Crippen LogP) is 2.76. The average Bonchev–Trinajstić information content (AvgIpc) is 1.83. The molecular formula is C8H14. The fourth-order valence-corrected chi connectivity index (χ4v) is 0.474. The number of hydrogen-bond acceptors (Lipinski definition) is 0. The summed E-state index contributed by atoms with van der Waals surface area (Å²) in [6.45, 7) is 9.74. The van der Waals surface area contributed by atoms with Crippen molar-refractivity contribution in [2.75, 3.05) is 0 Å². The molecule has 46 valence electrons. The number of hydrogen-bond donors (Lipinski definition) is 0. The highest BCUT2D eigenvalue weighted by Crippen LogP contribution is 2.05. The van der Waals surface area contributed by atoms with Gasteiger partial charge in [0.25, 0.3) is 0 Å². The van der Waals surface area contributed by atoms with Gasteiger partial charge in [0.05, 0.1) is 0 Å². The molecule has 0 aliphatic heterocycles. The fraction of sp³-hybridized carbons (Fsp3) is 0.625. The van der Waals surface area contributed by atoms with Gasteiger partial charge in [0.1, 0.15) is 0 Å². The Hall–Kier alpha value is -0.260. The lowest BCUT2D eigenvalue weighted by Crippen LogP contribution is -1.78. The van der Waals surface area contributed by atoms with E-state index in [1.807, 2.05) is 0 Å². The Kier molecular flexibility index (Phi) is 4.73. The molecule has 0 spiro atoms. The highest BCUT2D eigenvalue weighted by atomic mass is 13.9. The van der Waals surface area contributed by atoms with E-state index in [4.69, 9.17) is 6.58 Å². The Morgan fingerprint density at radius 2 is 2.12 bits per heavy atom. The van der Waals surface area contributed by atoms with Crippen LogP contribution in [0, 0.1) is 13.0 Å². The van der Waals surface area contributed by atoms with E-state index in [2.05, 4.69) is 20.3 Å². The minimum atomic E-state index is 0.986. The van der Waals surface area contributed by atoms with E-state index in [-0.39, 0.29) is 0 Å². The van der Waals surface area contributed by atoms with Crippen molar-refractivity contribution in [3.63, 3.8) is 0 Å². The van der Waals surface area contributed by atoms with Crippen molar-refractivity contribution in [2.24, 2.45) is 0 Å². The third-order valence-electron chi connectivity index (χ3n) is 1.10. The molecular weight excluding hydrogens is 96.1 g/mol. The van der Waals surface area contributed by atoms with Crippen molar-refractivity contribution in [2.45, 2.75) is 33.1 Å². The van der Waals surface area contributed by atoms with Gasteiger partial charge in [-0.25, -0.2) is 0 Å². The molecule has 0 atom stereocenters. The van der Waals surface area contributed by atoms with E-state index in [9.17, 15) is 0 Å². The molecule has 0 unspecified atom stereocenters. The molecule has 0 aromatic carbocycles. The summed E-state index contributed by atoms with van der Waals surface area (Å²) < 4.78 is 0. The van der Waals surface area contributed by atoms with E-state index in [1.165, 1.54) is 6.42 Å². The Morgan fingerprint density at radius 1 is 1.50 bits per heavy atom. The van der Waals surface area contributed by atoms with Gasteiger partial charge in [0, 0.05) is 0 Å². The molecule has 0 aromatic rings. The van der Waals surface area contributed by atoms with Crippen molar-refractivity contribution in [1.82, 2.24) is 0 Å². The molecule has 2 radical (unpaired) electrons. The molecule has 0 fully saturated rings. The quantitative estimate of drug-likeness (QED) is 0.522. The van der Waals surface area contributed by atoms with Crippen LogP contribution < -0.4 is 0 Å². The molecule has 0 aliphatic carbocycles. The maximum Gasteiger partial charge on any atom is -0.0135 e. The Morgan fingerprint density at radius 3 is 2.50 bits per heavy atom. The van der Waals surface area contributed by atoms with Crippen LogP contribution in [0.1, 0.15) is 33.1 Å². The van der Waals surface area contributed by atoms with Crippen LogP contribution >= 0.6 is 0 Å². The smallest absolute Gasteiger partial charge is 0.0135 e. The van der Waals surface area contributed by atoms with Gasteiger partial charge in [-0.2, -0.15) is 0 Å². The maximum atomic E-state index is 5.52. The third kappa shape index (κ3) is 3.91. The zero-order valence-electron chi connectivity index (χ0n) is 5.78. The summed E-state index contributed by atoms with van der Waals surface area (Å²) in [6, 6.07) is 0. The summed E-state index contributed by atoms with van der Waals surface area (Å²) >= 11 is 0. The summed E-state index contributed by atoms with van der Waals surface area (Å²) in [6.07, 6.45) is 5.40. The molecule has 0 rings (SSSR count). The van der Waals surface area contributed by atoms with Crippen molar-refractivity contribution in [3.05, 3.63) is 18.6 Å². The van der Waals surface area contributed by atoms with Crippen LogP contribution in [0.5, 0.6) is 0 Å². The molecule has 0 amide bonds. The van der Waals surface area contributed by atoms with E-state index >= 15 is 0 Å². The van der Waals surface area contributed by atoms with Crippen LogP contribution in [0.2, 0.25) is 0 Å². The monoisotopic (exact) mass is 110 g/mol. The lowest BCUT2D eigenvalue weighted by atomic mass is 10.1. The number of unbranched alkanes of at least 4 members (excludes halogenated alkanes) is 1. The van der Waals surface area contributed by atoms with Crippen molar-refractivity contribution < 1.29 is 0 Å². The van der Waals surface area contributed by atoms with Crippen LogP contribution in [0.15, 0.2) is 5.57 Å². The second-order valence-corrected chi connectivity index (χ2v) is 1.92. The summed E-state index contributed by atoms with van der Waals surface area (Å²) in [5.41, 5.74) is 1.02. The first-order valence-corrected chi connectivity index (χ1v) is 3.25. The van der Waals surface area contributed by atoms with Gasteiger partial charge >= 0.3 is 0 Å². The first-order chi connectivity index (χ1) is 3.81. The van der Waals surface area contributed by atoms with Crippen LogP contribution in [-0.4, -0.2) is 0 Å². The second-order valence-electron chi connectivity index (χ2n) is 1.92. The second kappa shape index (κ2) is 4.89. The van der Waals surface area contributed by atoms with Crippen molar-refractivity contribution in [3.8, 4) is 0 Å². The van der Waals surface area contributed by atoms with E-state index in [1.54, 1.807) is 0 Å². The predicted molar refractivity (Wildman–Crippen MR) is 37.3 cm³/mol. The van der Waals surface area contributed by atoms with E-state index in [0.29, 0.717) is 0 Å². The molecule has 0 aliphatic rings. The molecule has 8 heavy (non-hydrogen) atoms. The maximum absolute atomic E-state index is 5.52. The van der Waals surface area contributed by atoms with Gasteiger partial charge in [-0.05, 0) is 19.3 Å². The normalized spacial score (nSPS) is 9.25.